The summed E-state index contributed by atoms with van der Waals surface area (Å²) < 4.78 is 72.6. The highest BCUT2D eigenvalue weighted by molar-refractivity contribution is 7.49. The van der Waals surface area contributed by atoms with Gasteiger partial charge in [-0.05, 0) is 25.1 Å². The number of nitrogens with zero attached hydrogens (tertiary/aromatic N) is 1. The fourth-order valence-electron chi connectivity index (χ4n) is 2.82. The van der Waals surface area contributed by atoms with Gasteiger partial charge in [-0.15, -0.1) is 0 Å². The summed E-state index contributed by atoms with van der Waals surface area (Å²) in [5, 5.41) is 21.0. The molecule has 1 fully saturated rings. The second kappa shape index (κ2) is 7.82. The number of ether oxygens (including phenoxy) is 1. The molecule has 1 aromatic heterocycles. The highest BCUT2D eigenvalue weighted by Gasteiger charge is 2.57. The first kappa shape index (κ1) is 18.5. The van der Waals surface area contributed by atoms with Gasteiger partial charge < -0.3 is 19.5 Å². The number of benzene rings is 1. The zero-order chi connectivity index (χ0) is 25.3. The second-order valence-corrected chi connectivity index (χ2v) is 8.63. The van der Waals surface area contributed by atoms with Crippen LogP contribution in [0.5, 0.6) is 5.75 Å². The summed E-state index contributed by atoms with van der Waals surface area (Å²) in [5.74, 6) is -4.12. The zero-order valence-corrected chi connectivity index (χ0v) is 17.2. The Morgan fingerprint density at radius 2 is 2.26 bits per heavy atom. The third-order valence-corrected chi connectivity index (χ3v) is 5.87. The van der Waals surface area contributed by atoms with Crippen LogP contribution in [0.3, 0.4) is 0 Å². The Kier molecular flexibility index (Phi) is 4.67. The first-order valence-corrected chi connectivity index (χ1v) is 10.5. The molecule has 1 saturated heterocycles. The van der Waals surface area contributed by atoms with Crippen molar-refractivity contribution in [3.8, 4) is 5.75 Å². The minimum absolute atomic E-state index is 0.0549. The van der Waals surface area contributed by atoms with E-state index in [2.05, 4.69) is 4.52 Å². The maximum atomic E-state index is 15.8. The number of aromatic amines is 1. The van der Waals surface area contributed by atoms with E-state index in [1.807, 2.05) is 4.98 Å². The largest absolute Gasteiger partial charge is 0.530 e. The fourth-order valence-corrected chi connectivity index (χ4v) is 4.11. The van der Waals surface area contributed by atoms with Gasteiger partial charge in [0.1, 0.15) is 24.5 Å². The van der Waals surface area contributed by atoms with Crippen LogP contribution in [-0.2, 0) is 25.0 Å². The molecule has 168 valence electrons. The second-order valence-electron chi connectivity index (χ2n) is 6.67. The summed E-state index contributed by atoms with van der Waals surface area (Å²) in [6.45, 7) is -3.05. The number of aliphatic hydroxyl groups excluding tert-OH is 2. The number of rotatable bonds is 4. The molecule has 11 nitrogen and oxygen atoms in total. The van der Waals surface area contributed by atoms with Crippen LogP contribution < -0.4 is 15.8 Å². The van der Waals surface area contributed by atoms with E-state index in [-0.39, 0.29) is 15.9 Å². The van der Waals surface area contributed by atoms with Crippen LogP contribution in [0, 0.1) is 6.92 Å². The van der Waals surface area contributed by atoms with Crippen molar-refractivity contribution >= 4 is 19.4 Å². The predicted molar refractivity (Wildman–Crippen MR) is 102 cm³/mol. The molecule has 2 aromatic rings. The van der Waals surface area contributed by atoms with E-state index in [0.29, 0.717) is 10.6 Å². The van der Waals surface area contributed by atoms with Crippen molar-refractivity contribution in [3.05, 3.63) is 61.4 Å². The summed E-state index contributed by atoms with van der Waals surface area (Å²) in [7, 11) is -4.87. The van der Waals surface area contributed by atoms with Gasteiger partial charge in [0, 0.05) is 22.3 Å². The molecule has 0 bridgehead atoms. The Bertz CT molecular complexity index is 1330. The molecule has 2 aliphatic rings. The molecule has 4 rings (SSSR count). The van der Waals surface area contributed by atoms with Gasteiger partial charge in [-0.3, -0.25) is 23.4 Å². The van der Waals surface area contributed by atoms with Crippen molar-refractivity contribution in [2.45, 2.75) is 37.8 Å². The van der Waals surface area contributed by atoms with E-state index < -0.39 is 56.5 Å². The number of aliphatic hydroxyl groups is 2. The van der Waals surface area contributed by atoms with Crippen molar-refractivity contribution in [2.75, 3.05) is 6.56 Å². The molecule has 0 radical (unpaired) electrons. The number of halogens is 2. The number of hydrogen-bond acceptors (Lipinski definition) is 9. The predicted octanol–water partition coefficient (Wildman–Crippen LogP) is 1.15. The number of alkyl halides is 1. The molecule has 2 aliphatic heterocycles. The van der Waals surface area contributed by atoms with Crippen molar-refractivity contribution in [1.29, 1.82) is 0 Å². The van der Waals surface area contributed by atoms with Gasteiger partial charge in [0.15, 0.2) is 6.20 Å². The SMILES string of the molecule is [2H]C([2H])(OP1(=O)OCc2cc(Cl)ccc2O1)[C@@]1(F)O[C@@]([2H])(n2cc(C)c(=O)[nH]c2=O)[C@H](O)[C@@H]1O. The lowest BCUT2D eigenvalue weighted by Gasteiger charge is -2.28. The van der Waals surface area contributed by atoms with Crippen molar-refractivity contribution < 1.29 is 41.6 Å². The summed E-state index contributed by atoms with van der Waals surface area (Å²) >= 11 is 5.84. The Morgan fingerprint density at radius 3 is 3.00 bits per heavy atom. The number of aryl methyl sites for hydroxylation is 1. The minimum atomic E-state index is -4.87. The highest BCUT2D eigenvalue weighted by Crippen LogP contribution is 2.56. The molecule has 14 heteroatoms. The van der Waals surface area contributed by atoms with Gasteiger partial charge in [-0.25, -0.2) is 13.8 Å². The lowest BCUT2D eigenvalue weighted by molar-refractivity contribution is -0.205. The van der Waals surface area contributed by atoms with E-state index in [9.17, 15) is 24.4 Å². The van der Waals surface area contributed by atoms with Gasteiger partial charge in [0.2, 0.25) is 0 Å². The number of aromatic nitrogens is 2. The van der Waals surface area contributed by atoms with Crippen LogP contribution in [-0.4, -0.2) is 44.4 Å². The summed E-state index contributed by atoms with van der Waals surface area (Å²) in [4.78, 5) is 25.6. The lowest BCUT2D eigenvalue weighted by Crippen LogP contribution is -2.43. The number of hydrogen-bond donors (Lipinski definition) is 3. The van der Waals surface area contributed by atoms with E-state index in [1.54, 1.807) is 0 Å². The number of phosphoric acid groups is 1. The average Bonchev–Trinajstić information content (AvgIpc) is 2.92. The van der Waals surface area contributed by atoms with Crippen molar-refractivity contribution in [3.63, 3.8) is 0 Å². The summed E-state index contributed by atoms with van der Waals surface area (Å²) in [6, 6.07) is 4.09. The molecule has 3 heterocycles. The number of fused-ring (bicyclic) bond motifs is 1. The topological polar surface area (TPSA) is 149 Å². The van der Waals surface area contributed by atoms with E-state index >= 15 is 4.39 Å². The van der Waals surface area contributed by atoms with E-state index in [1.165, 1.54) is 25.1 Å². The Labute approximate surface area is 182 Å². The van der Waals surface area contributed by atoms with Crippen molar-refractivity contribution in [1.82, 2.24) is 9.55 Å². The van der Waals surface area contributed by atoms with E-state index in [0.717, 1.165) is 6.20 Å². The maximum Gasteiger partial charge on any atom is 0.530 e. The van der Waals surface area contributed by atoms with Gasteiger partial charge in [-0.2, -0.15) is 0 Å². The van der Waals surface area contributed by atoms with Gasteiger partial charge in [0.05, 0.1) is 10.7 Å². The molecule has 3 N–H and O–H groups in total. The molecule has 0 amide bonds. The first-order valence-electron chi connectivity index (χ1n) is 10.1. The van der Waals surface area contributed by atoms with Crippen LogP contribution >= 0.6 is 19.4 Å². The van der Waals surface area contributed by atoms with Crippen LogP contribution in [0.1, 0.15) is 21.4 Å². The Balaban J connectivity index is 1.67. The van der Waals surface area contributed by atoms with E-state index in [4.69, 9.17) is 29.5 Å². The van der Waals surface area contributed by atoms with Crippen LogP contribution in [0.25, 0.3) is 0 Å². The minimum Gasteiger partial charge on any atom is -0.404 e. The molecule has 1 unspecified atom stereocenters. The summed E-state index contributed by atoms with van der Waals surface area (Å²) in [5.41, 5.74) is -1.96. The maximum absolute atomic E-state index is 15.8. The normalized spacial score (nSPS) is 36.7. The highest BCUT2D eigenvalue weighted by atomic mass is 35.5. The van der Waals surface area contributed by atoms with Gasteiger partial charge in [-0.1, -0.05) is 11.6 Å². The molecule has 0 saturated carbocycles. The van der Waals surface area contributed by atoms with Crippen LogP contribution in [0.15, 0.2) is 34.0 Å². The Hall–Kier alpha value is -2.05. The van der Waals surface area contributed by atoms with Gasteiger partial charge in [0.25, 0.3) is 11.4 Å². The fraction of sp³-hybridized carbons (Fsp3) is 0.412. The zero-order valence-electron chi connectivity index (χ0n) is 18.6. The smallest absolute Gasteiger partial charge is 0.404 e. The molecule has 5 atom stereocenters. The first-order chi connectivity index (χ1) is 15.6. The molecular weight excluding hydrogens is 462 g/mol. The Morgan fingerprint density at radius 1 is 1.52 bits per heavy atom. The van der Waals surface area contributed by atoms with Gasteiger partial charge >= 0.3 is 13.5 Å². The van der Waals surface area contributed by atoms with Crippen LogP contribution in [0.2, 0.25) is 5.02 Å². The molecular formula is C17H17ClFN2O9P. The summed E-state index contributed by atoms with van der Waals surface area (Å²) in [6.07, 6.45) is -7.81. The third-order valence-electron chi connectivity index (χ3n) is 4.45. The quantitative estimate of drug-likeness (QED) is 0.546. The number of H-pyrrole nitrogens is 1. The van der Waals surface area contributed by atoms with Crippen LogP contribution in [0.4, 0.5) is 4.39 Å². The molecule has 1 aromatic carbocycles. The average molecular weight is 482 g/mol. The monoisotopic (exact) mass is 481 g/mol. The van der Waals surface area contributed by atoms with Crippen molar-refractivity contribution in [2.24, 2.45) is 0 Å². The molecule has 31 heavy (non-hydrogen) atoms. The number of phosphoric ester groups is 1. The number of nitrogens with one attached hydrogen (secondary N) is 1. The molecule has 0 aliphatic carbocycles. The lowest BCUT2D eigenvalue weighted by atomic mass is 10.1. The third kappa shape index (κ3) is 4.08. The molecule has 0 spiro atoms. The standard InChI is InChI=1S/C17H17ClFN2O9P/c1-8-5-21(16(25)20-14(8)24)15-12(22)13(23)17(19,29-15)7-28-31(26)27-6-9-4-10(18)2-3-11(9)30-31/h2-5,12-13,15,22-23H,6-7H2,1H3,(H,20,24,25)/t12-,13+,15-,17-,31?/m1/s1/i7D2,15D.